The van der Waals surface area contributed by atoms with Crippen LogP contribution >= 0.6 is 0 Å². The molecule has 18 heavy (non-hydrogen) atoms. The highest BCUT2D eigenvalue weighted by Gasteiger charge is 2.10. The van der Waals surface area contributed by atoms with Crippen LogP contribution in [0, 0.1) is 12.8 Å². The van der Waals surface area contributed by atoms with E-state index >= 15 is 0 Å². The van der Waals surface area contributed by atoms with E-state index in [4.69, 9.17) is 5.11 Å². The second-order valence-electron chi connectivity index (χ2n) is 4.49. The van der Waals surface area contributed by atoms with Gasteiger partial charge >= 0.3 is 0 Å². The maximum atomic E-state index is 9.03. The van der Waals surface area contributed by atoms with Crippen LogP contribution in [0.3, 0.4) is 0 Å². The van der Waals surface area contributed by atoms with E-state index in [1.165, 1.54) is 0 Å². The number of rotatable bonds is 8. The third kappa shape index (κ3) is 4.14. The zero-order chi connectivity index (χ0) is 13.4. The standard InChI is InChI=1S/C13H24N4O/c1-4-5-11(6-7-18)8-15-13-10(2)12(14-3)16-9-17-13/h9,11,18H,4-8H2,1-3H3,(H2,14,15,16,17). The summed E-state index contributed by atoms with van der Waals surface area (Å²) in [6.07, 6.45) is 4.65. The third-order valence-corrected chi connectivity index (χ3v) is 3.11. The quantitative estimate of drug-likeness (QED) is 0.660. The Morgan fingerprint density at radius 3 is 2.61 bits per heavy atom. The molecule has 1 unspecified atom stereocenters. The lowest BCUT2D eigenvalue weighted by atomic mass is 10.0. The maximum absolute atomic E-state index is 9.03. The zero-order valence-corrected chi connectivity index (χ0v) is 11.5. The van der Waals surface area contributed by atoms with Gasteiger partial charge in [-0.15, -0.1) is 0 Å². The highest BCUT2D eigenvalue weighted by atomic mass is 16.3. The number of aliphatic hydroxyl groups excluding tert-OH is 1. The molecule has 1 atom stereocenters. The Labute approximate surface area is 109 Å². The van der Waals surface area contributed by atoms with Gasteiger partial charge in [0, 0.05) is 25.8 Å². The molecule has 0 bridgehead atoms. The van der Waals surface area contributed by atoms with Gasteiger partial charge in [-0.05, 0) is 25.7 Å². The van der Waals surface area contributed by atoms with Crippen LogP contribution in [0.2, 0.25) is 0 Å². The Kier molecular flexibility index (Phi) is 6.43. The van der Waals surface area contributed by atoms with Gasteiger partial charge in [-0.25, -0.2) is 9.97 Å². The van der Waals surface area contributed by atoms with Gasteiger partial charge < -0.3 is 15.7 Å². The predicted octanol–water partition coefficient (Wildman–Crippen LogP) is 2.04. The van der Waals surface area contributed by atoms with Crippen LogP contribution in [0.1, 0.15) is 31.7 Å². The molecule has 102 valence electrons. The molecule has 0 aliphatic rings. The van der Waals surface area contributed by atoms with Crippen LogP contribution in [0.5, 0.6) is 0 Å². The van der Waals surface area contributed by atoms with Gasteiger partial charge in [-0.2, -0.15) is 0 Å². The Bertz CT molecular complexity index is 351. The van der Waals surface area contributed by atoms with Crippen LogP contribution in [-0.2, 0) is 0 Å². The van der Waals surface area contributed by atoms with E-state index in [-0.39, 0.29) is 6.61 Å². The van der Waals surface area contributed by atoms with Gasteiger partial charge in [0.1, 0.15) is 18.0 Å². The number of hydrogen-bond acceptors (Lipinski definition) is 5. The fraction of sp³-hybridized carbons (Fsp3) is 0.692. The SMILES string of the molecule is CCCC(CCO)CNc1ncnc(NC)c1C. The fourth-order valence-electron chi connectivity index (χ4n) is 2.06. The number of hydrogen-bond donors (Lipinski definition) is 3. The molecule has 0 aliphatic carbocycles. The van der Waals surface area contributed by atoms with Gasteiger partial charge in [-0.1, -0.05) is 13.3 Å². The molecule has 0 radical (unpaired) electrons. The van der Waals surface area contributed by atoms with Gasteiger partial charge in [0.15, 0.2) is 0 Å². The Balaban J connectivity index is 2.61. The minimum atomic E-state index is 0.247. The highest BCUT2D eigenvalue weighted by Crippen LogP contribution is 2.19. The van der Waals surface area contributed by atoms with Crippen molar-refractivity contribution in [3.63, 3.8) is 0 Å². The van der Waals surface area contributed by atoms with Crippen molar-refractivity contribution in [2.45, 2.75) is 33.1 Å². The molecule has 3 N–H and O–H groups in total. The minimum Gasteiger partial charge on any atom is -0.396 e. The lowest BCUT2D eigenvalue weighted by molar-refractivity contribution is 0.255. The van der Waals surface area contributed by atoms with E-state index in [9.17, 15) is 0 Å². The van der Waals surface area contributed by atoms with Crippen LogP contribution < -0.4 is 10.6 Å². The summed E-state index contributed by atoms with van der Waals surface area (Å²) in [5.74, 6) is 2.21. The Morgan fingerprint density at radius 2 is 2.00 bits per heavy atom. The molecule has 5 nitrogen and oxygen atoms in total. The summed E-state index contributed by atoms with van der Waals surface area (Å²) >= 11 is 0. The van der Waals surface area contributed by atoms with Crippen molar-refractivity contribution in [3.05, 3.63) is 11.9 Å². The van der Waals surface area contributed by atoms with Crippen molar-refractivity contribution >= 4 is 11.6 Å². The van der Waals surface area contributed by atoms with Crippen LogP contribution in [-0.4, -0.2) is 35.3 Å². The first kappa shape index (κ1) is 14.7. The van der Waals surface area contributed by atoms with E-state index in [2.05, 4.69) is 27.5 Å². The van der Waals surface area contributed by atoms with Crippen molar-refractivity contribution in [1.82, 2.24) is 9.97 Å². The van der Waals surface area contributed by atoms with Gasteiger partial charge in [0.05, 0.1) is 0 Å². The molecule has 0 amide bonds. The summed E-state index contributed by atoms with van der Waals surface area (Å²) in [6.45, 7) is 5.25. The molecule has 1 aromatic heterocycles. The number of nitrogens with zero attached hydrogens (tertiary/aromatic N) is 2. The number of aliphatic hydroxyl groups is 1. The van der Waals surface area contributed by atoms with Crippen molar-refractivity contribution in [2.24, 2.45) is 5.92 Å². The van der Waals surface area contributed by atoms with Crippen LogP contribution in [0.25, 0.3) is 0 Å². The fourth-order valence-corrected chi connectivity index (χ4v) is 2.06. The van der Waals surface area contributed by atoms with Crippen LogP contribution in [0.15, 0.2) is 6.33 Å². The van der Waals surface area contributed by atoms with Gasteiger partial charge in [-0.3, -0.25) is 0 Å². The highest BCUT2D eigenvalue weighted by molar-refractivity contribution is 5.55. The minimum absolute atomic E-state index is 0.247. The topological polar surface area (TPSA) is 70.1 Å². The van der Waals surface area contributed by atoms with E-state index in [1.807, 2.05) is 14.0 Å². The summed E-state index contributed by atoms with van der Waals surface area (Å²) in [7, 11) is 1.85. The van der Waals surface area contributed by atoms with Crippen LogP contribution in [0.4, 0.5) is 11.6 Å². The second-order valence-corrected chi connectivity index (χ2v) is 4.49. The molecule has 1 aromatic rings. The smallest absolute Gasteiger partial charge is 0.134 e. The predicted molar refractivity (Wildman–Crippen MR) is 74.9 cm³/mol. The molecule has 1 rings (SSSR count). The van der Waals surface area contributed by atoms with E-state index < -0.39 is 0 Å². The number of nitrogens with one attached hydrogen (secondary N) is 2. The molecule has 5 heteroatoms. The molecule has 0 aliphatic heterocycles. The maximum Gasteiger partial charge on any atom is 0.134 e. The normalized spacial score (nSPS) is 12.2. The molecule has 0 fully saturated rings. The first-order valence-corrected chi connectivity index (χ1v) is 6.57. The van der Waals surface area contributed by atoms with E-state index in [0.717, 1.165) is 43.0 Å². The largest absolute Gasteiger partial charge is 0.396 e. The van der Waals surface area contributed by atoms with Crippen molar-refractivity contribution in [1.29, 1.82) is 0 Å². The first-order valence-electron chi connectivity index (χ1n) is 6.57. The lowest BCUT2D eigenvalue weighted by Gasteiger charge is -2.17. The second kappa shape index (κ2) is 7.87. The van der Waals surface area contributed by atoms with E-state index in [0.29, 0.717) is 5.92 Å². The molecular weight excluding hydrogens is 228 g/mol. The number of aromatic nitrogens is 2. The molecule has 0 saturated carbocycles. The molecular formula is C13H24N4O. The average molecular weight is 252 g/mol. The van der Waals surface area contributed by atoms with Gasteiger partial charge in [0.2, 0.25) is 0 Å². The summed E-state index contributed by atoms with van der Waals surface area (Å²) in [6, 6.07) is 0. The molecule has 0 aromatic carbocycles. The molecule has 1 heterocycles. The monoisotopic (exact) mass is 252 g/mol. The molecule has 0 spiro atoms. The lowest BCUT2D eigenvalue weighted by Crippen LogP contribution is -2.17. The zero-order valence-electron chi connectivity index (χ0n) is 11.5. The van der Waals surface area contributed by atoms with Crippen molar-refractivity contribution in [3.8, 4) is 0 Å². The first-order chi connectivity index (χ1) is 8.72. The Morgan fingerprint density at radius 1 is 1.28 bits per heavy atom. The Hall–Kier alpha value is -1.36. The third-order valence-electron chi connectivity index (χ3n) is 3.11. The van der Waals surface area contributed by atoms with E-state index in [1.54, 1.807) is 6.33 Å². The average Bonchev–Trinajstić information content (AvgIpc) is 2.38. The number of anilines is 2. The molecule has 0 saturated heterocycles. The summed E-state index contributed by atoms with van der Waals surface area (Å²) in [5, 5.41) is 15.4. The summed E-state index contributed by atoms with van der Waals surface area (Å²) in [5.41, 5.74) is 1.03. The summed E-state index contributed by atoms with van der Waals surface area (Å²) < 4.78 is 0. The van der Waals surface area contributed by atoms with Crippen molar-refractivity contribution in [2.75, 3.05) is 30.8 Å². The summed E-state index contributed by atoms with van der Waals surface area (Å²) in [4.78, 5) is 8.41. The van der Waals surface area contributed by atoms with Crippen molar-refractivity contribution < 1.29 is 5.11 Å². The van der Waals surface area contributed by atoms with Gasteiger partial charge in [0.25, 0.3) is 0 Å².